The molecule has 0 radical (unpaired) electrons. The van der Waals surface area contributed by atoms with Crippen molar-refractivity contribution < 1.29 is 9.90 Å². The fourth-order valence-electron chi connectivity index (χ4n) is 2.31. The van der Waals surface area contributed by atoms with Crippen LogP contribution >= 0.6 is 0 Å². The lowest BCUT2D eigenvalue weighted by atomic mass is 10.0. The number of likely N-dealkylation sites (tertiary alicyclic amines) is 1. The van der Waals surface area contributed by atoms with Crippen LogP contribution in [-0.2, 0) is 4.79 Å². The maximum atomic E-state index is 12.1. The van der Waals surface area contributed by atoms with Crippen LogP contribution in [0.25, 0.3) is 0 Å². The summed E-state index contributed by atoms with van der Waals surface area (Å²) in [5.74, 6) is 0.258. The van der Waals surface area contributed by atoms with E-state index in [1.807, 2.05) is 4.90 Å². The summed E-state index contributed by atoms with van der Waals surface area (Å²) in [6.07, 6.45) is 4.90. The Hall–Kier alpha value is -0.610. The molecule has 1 amide bonds. The molecular weight excluding hydrogens is 216 g/mol. The molecule has 0 saturated carbocycles. The topological polar surface area (TPSA) is 52.6 Å². The van der Waals surface area contributed by atoms with Gasteiger partial charge in [0.15, 0.2) is 0 Å². The van der Waals surface area contributed by atoms with Crippen molar-refractivity contribution in [2.75, 3.05) is 19.7 Å². The fraction of sp³-hybridized carbons (Fsp3) is 0.923. The van der Waals surface area contributed by atoms with E-state index in [4.69, 9.17) is 5.11 Å². The molecule has 0 aromatic rings. The van der Waals surface area contributed by atoms with Gasteiger partial charge in [-0.2, -0.15) is 0 Å². The molecule has 1 fully saturated rings. The summed E-state index contributed by atoms with van der Waals surface area (Å²) in [6, 6.07) is 0.375. The molecule has 1 heterocycles. The van der Waals surface area contributed by atoms with E-state index >= 15 is 0 Å². The van der Waals surface area contributed by atoms with Crippen LogP contribution in [0.15, 0.2) is 0 Å². The monoisotopic (exact) mass is 242 g/mol. The molecule has 1 aliphatic rings. The van der Waals surface area contributed by atoms with Gasteiger partial charge in [-0.1, -0.05) is 13.8 Å². The lowest BCUT2D eigenvalue weighted by molar-refractivity contribution is -0.136. The van der Waals surface area contributed by atoms with E-state index in [-0.39, 0.29) is 18.6 Å². The van der Waals surface area contributed by atoms with Crippen molar-refractivity contribution in [3.05, 3.63) is 0 Å². The Kier molecular flexibility index (Phi) is 6.52. The molecule has 100 valence electrons. The third-order valence-electron chi connectivity index (χ3n) is 3.15. The van der Waals surface area contributed by atoms with Crippen molar-refractivity contribution in [2.45, 2.75) is 58.0 Å². The first kappa shape index (κ1) is 14.5. The average molecular weight is 242 g/mol. The third-order valence-corrected chi connectivity index (χ3v) is 3.15. The number of unbranched alkanes of at least 4 members (excludes halogenated alkanes) is 2. The highest BCUT2D eigenvalue weighted by Crippen LogP contribution is 2.13. The SMILES string of the molecule is CC(C)NC1CCCN(CCCCCO)C1=O. The fourth-order valence-corrected chi connectivity index (χ4v) is 2.31. The van der Waals surface area contributed by atoms with Gasteiger partial charge in [-0.05, 0) is 32.1 Å². The van der Waals surface area contributed by atoms with Gasteiger partial charge in [-0.3, -0.25) is 4.79 Å². The Labute approximate surface area is 104 Å². The number of piperidine rings is 1. The number of hydrogen-bond acceptors (Lipinski definition) is 3. The van der Waals surface area contributed by atoms with Crippen molar-refractivity contribution in [2.24, 2.45) is 0 Å². The normalized spacial score (nSPS) is 21.3. The zero-order valence-corrected chi connectivity index (χ0v) is 11.1. The average Bonchev–Trinajstić information content (AvgIpc) is 2.28. The molecule has 0 spiro atoms. The van der Waals surface area contributed by atoms with Crippen molar-refractivity contribution in [1.29, 1.82) is 0 Å². The van der Waals surface area contributed by atoms with Gasteiger partial charge in [0, 0.05) is 25.7 Å². The van der Waals surface area contributed by atoms with Crippen LogP contribution in [0.2, 0.25) is 0 Å². The highest BCUT2D eigenvalue weighted by molar-refractivity contribution is 5.82. The highest BCUT2D eigenvalue weighted by Gasteiger charge is 2.28. The first-order valence-electron chi connectivity index (χ1n) is 6.81. The van der Waals surface area contributed by atoms with Crippen LogP contribution in [0.1, 0.15) is 46.0 Å². The molecule has 0 aromatic carbocycles. The second kappa shape index (κ2) is 7.67. The predicted octanol–water partition coefficient (Wildman–Crippen LogP) is 1.14. The number of nitrogens with one attached hydrogen (secondary N) is 1. The van der Waals surface area contributed by atoms with Gasteiger partial charge in [0.05, 0.1) is 6.04 Å². The minimum Gasteiger partial charge on any atom is -0.396 e. The first-order chi connectivity index (χ1) is 8.15. The number of aliphatic hydroxyl groups excluding tert-OH is 1. The first-order valence-corrected chi connectivity index (χ1v) is 6.81. The van der Waals surface area contributed by atoms with Crippen molar-refractivity contribution in [1.82, 2.24) is 10.2 Å². The molecule has 0 aliphatic carbocycles. The van der Waals surface area contributed by atoms with Crippen LogP contribution in [0.5, 0.6) is 0 Å². The maximum absolute atomic E-state index is 12.1. The molecule has 1 saturated heterocycles. The number of amides is 1. The Balaban J connectivity index is 2.31. The Morgan fingerprint density at radius 1 is 1.41 bits per heavy atom. The lowest BCUT2D eigenvalue weighted by Crippen LogP contribution is -2.52. The van der Waals surface area contributed by atoms with Crippen LogP contribution in [-0.4, -0.2) is 47.7 Å². The van der Waals surface area contributed by atoms with Gasteiger partial charge < -0.3 is 15.3 Å². The number of nitrogens with zero attached hydrogens (tertiary/aromatic N) is 1. The summed E-state index contributed by atoms with van der Waals surface area (Å²) in [6.45, 7) is 6.15. The molecular formula is C13H26N2O2. The smallest absolute Gasteiger partial charge is 0.239 e. The highest BCUT2D eigenvalue weighted by atomic mass is 16.2. The van der Waals surface area contributed by atoms with Crippen LogP contribution in [0, 0.1) is 0 Å². The molecule has 1 rings (SSSR count). The second-order valence-corrected chi connectivity index (χ2v) is 5.13. The van der Waals surface area contributed by atoms with Crippen LogP contribution in [0.4, 0.5) is 0 Å². The molecule has 17 heavy (non-hydrogen) atoms. The van der Waals surface area contributed by atoms with Gasteiger partial charge in [-0.25, -0.2) is 0 Å². The van der Waals surface area contributed by atoms with E-state index in [1.165, 1.54) is 0 Å². The molecule has 1 unspecified atom stereocenters. The van der Waals surface area contributed by atoms with Crippen molar-refractivity contribution >= 4 is 5.91 Å². The number of aliphatic hydroxyl groups is 1. The minimum atomic E-state index is 0.0154. The summed E-state index contributed by atoms with van der Waals surface area (Å²) in [4.78, 5) is 14.1. The van der Waals surface area contributed by atoms with E-state index in [1.54, 1.807) is 0 Å². The standard InChI is InChI=1S/C13H26N2O2/c1-11(2)14-12-7-6-9-15(13(12)17)8-4-3-5-10-16/h11-12,14,16H,3-10H2,1-2H3. The van der Waals surface area contributed by atoms with Gasteiger partial charge >= 0.3 is 0 Å². The number of hydrogen-bond donors (Lipinski definition) is 2. The zero-order chi connectivity index (χ0) is 12.7. The van der Waals surface area contributed by atoms with E-state index in [0.29, 0.717) is 6.04 Å². The van der Waals surface area contributed by atoms with Crippen LogP contribution < -0.4 is 5.32 Å². The zero-order valence-electron chi connectivity index (χ0n) is 11.1. The van der Waals surface area contributed by atoms with Gasteiger partial charge in [0.25, 0.3) is 0 Å². The number of rotatable bonds is 7. The molecule has 2 N–H and O–H groups in total. The van der Waals surface area contributed by atoms with E-state index in [0.717, 1.165) is 45.2 Å². The van der Waals surface area contributed by atoms with Gasteiger partial charge in [-0.15, -0.1) is 0 Å². The third kappa shape index (κ3) is 5.04. The molecule has 1 atom stereocenters. The summed E-state index contributed by atoms with van der Waals surface area (Å²) in [5, 5.41) is 12.0. The van der Waals surface area contributed by atoms with Gasteiger partial charge in [0.2, 0.25) is 5.91 Å². The predicted molar refractivity (Wildman–Crippen MR) is 68.8 cm³/mol. The van der Waals surface area contributed by atoms with Crippen molar-refractivity contribution in [3.8, 4) is 0 Å². The minimum absolute atomic E-state index is 0.0154. The molecule has 4 nitrogen and oxygen atoms in total. The van der Waals surface area contributed by atoms with Gasteiger partial charge in [0.1, 0.15) is 0 Å². The largest absolute Gasteiger partial charge is 0.396 e. The summed E-state index contributed by atoms with van der Waals surface area (Å²) < 4.78 is 0. The van der Waals surface area contributed by atoms with E-state index in [2.05, 4.69) is 19.2 Å². The summed E-state index contributed by atoms with van der Waals surface area (Å²) in [5.41, 5.74) is 0. The molecule has 0 bridgehead atoms. The quantitative estimate of drug-likeness (QED) is 0.658. The number of carbonyl (C=O) groups excluding carboxylic acids is 1. The molecule has 0 aromatic heterocycles. The Morgan fingerprint density at radius 3 is 2.82 bits per heavy atom. The summed E-state index contributed by atoms with van der Waals surface area (Å²) in [7, 11) is 0. The molecule has 1 aliphatic heterocycles. The van der Waals surface area contributed by atoms with E-state index in [9.17, 15) is 4.79 Å². The van der Waals surface area contributed by atoms with E-state index < -0.39 is 0 Å². The Morgan fingerprint density at radius 2 is 2.18 bits per heavy atom. The second-order valence-electron chi connectivity index (χ2n) is 5.13. The molecule has 4 heteroatoms. The number of carbonyl (C=O) groups is 1. The lowest BCUT2D eigenvalue weighted by Gasteiger charge is -2.33. The van der Waals surface area contributed by atoms with Crippen LogP contribution in [0.3, 0.4) is 0 Å². The Bertz CT molecular complexity index is 231. The van der Waals surface area contributed by atoms with Crippen molar-refractivity contribution in [3.63, 3.8) is 0 Å². The maximum Gasteiger partial charge on any atom is 0.239 e. The summed E-state index contributed by atoms with van der Waals surface area (Å²) >= 11 is 0.